The van der Waals surface area contributed by atoms with Gasteiger partial charge in [-0.3, -0.25) is 0 Å². The third-order valence-corrected chi connectivity index (χ3v) is 9.02. The van der Waals surface area contributed by atoms with Crippen LogP contribution in [0.1, 0.15) is 12.0 Å². The number of hydrogen-bond donors (Lipinski definition) is 0. The number of fused-ring (bicyclic) bond motifs is 3. The van der Waals surface area contributed by atoms with Crippen LogP contribution in [0, 0.1) is 0 Å². The van der Waals surface area contributed by atoms with Crippen LogP contribution in [0.4, 0.5) is 0 Å². The predicted molar refractivity (Wildman–Crippen MR) is 173 cm³/mol. The maximum Gasteiger partial charge on any atom is -0.00200 e. The quantitative estimate of drug-likeness (QED) is 0.205. The highest BCUT2D eigenvalue weighted by atomic mass is 14.2. The highest BCUT2D eigenvalue weighted by molar-refractivity contribution is 6.26. The van der Waals surface area contributed by atoms with E-state index >= 15 is 0 Å². The molecule has 0 bridgehead atoms. The van der Waals surface area contributed by atoms with Gasteiger partial charge in [-0.1, -0.05) is 121 Å². The Morgan fingerprint density at radius 2 is 1.05 bits per heavy atom. The second-order valence-corrected chi connectivity index (χ2v) is 11.2. The average Bonchev–Trinajstić information content (AvgIpc) is 3.02. The van der Waals surface area contributed by atoms with Gasteiger partial charge in [0.15, 0.2) is 0 Å². The number of aryl methyl sites for hydroxylation is 1. The fraction of sp³-hybridized carbons (Fsp3) is 0.0500. The normalized spacial score (nSPS) is 13.0. The van der Waals surface area contributed by atoms with E-state index in [9.17, 15) is 0 Å². The Kier molecular flexibility index (Phi) is 4.54. The molecule has 0 nitrogen and oxygen atoms in total. The average molecular weight is 507 g/mol. The van der Waals surface area contributed by atoms with Gasteiger partial charge in [0.2, 0.25) is 0 Å². The maximum atomic E-state index is 2.51. The lowest BCUT2D eigenvalue weighted by Gasteiger charge is -2.22. The molecule has 0 unspecified atom stereocenters. The highest BCUT2D eigenvalue weighted by Crippen LogP contribution is 2.47. The van der Waals surface area contributed by atoms with Gasteiger partial charge in [-0.2, -0.15) is 0 Å². The summed E-state index contributed by atoms with van der Waals surface area (Å²) in [5.41, 5.74) is 6.76. The van der Waals surface area contributed by atoms with Crippen LogP contribution >= 0.6 is 0 Å². The van der Waals surface area contributed by atoms with Gasteiger partial charge in [0.1, 0.15) is 0 Å². The van der Waals surface area contributed by atoms with E-state index in [2.05, 4.69) is 133 Å². The van der Waals surface area contributed by atoms with E-state index in [1.807, 2.05) is 0 Å². The summed E-state index contributed by atoms with van der Waals surface area (Å²) in [5, 5.41) is 14.7. The summed E-state index contributed by atoms with van der Waals surface area (Å²) >= 11 is 0. The summed E-state index contributed by atoms with van der Waals surface area (Å²) in [4.78, 5) is 0. The summed E-state index contributed by atoms with van der Waals surface area (Å²) < 4.78 is 0. The summed E-state index contributed by atoms with van der Waals surface area (Å²) in [7, 11) is 0. The summed E-state index contributed by atoms with van der Waals surface area (Å²) in [6.07, 6.45) is 4.61. The molecular weight excluding hydrogens is 480 g/mol. The smallest absolute Gasteiger partial charge is 0.00200 e. The maximum absolute atomic E-state index is 2.51. The second-order valence-electron chi connectivity index (χ2n) is 11.2. The van der Waals surface area contributed by atoms with Crippen molar-refractivity contribution in [2.24, 2.45) is 0 Å². The van der Waals surface area contributed by atoms with E-state index in [1.54, 1.807) is 0 Å². The lowest BCUT2D eigenvalue weighted by Crippen LogP contribution is -2.10. The molecule has 0 radical (unpaired) electrons. The molecule has 1 aliphatic carbocycles. The van der Waals surface area contributed by atoms with E-state index in [-0.39, 0.29) is 0 Å². The van der Waals surface area contributed by atoms with Crippen molar-refractivity contribution in [1.29, 1.82) is 0 Å². The standard InChI is InChI=1S/C40H26/c1-2-10-28-23-30(22-19-25(28)9-1)38-31-14-3-5-16-33(31)40(34-17-6-4-15-32(34)38)36-24-29-13-7-11-26-20-21-27-12-8-18-35(36)39(27)37(26)29/h1-6,8-12,14-24H,7,13H2. The van der Waals surface area contributed by atoms with Gasteiger partial charge in [0.05, 0.1) is 0 Å². The Balaban J connectivity index is 1.46. The Hall–Kier alpha value is -4.94. The fourth-order valence-electron chi connectivity index (χ4n) is 7.32. The van der Waals surface area contributed by atoms with Crippen LogP contribution in [-0.2, 0) is 6.42 Å². The highest BCUT2D eigenvalue weighted by Gasteiger charge is 2.21. The van der Waals surface area contributed by atoms with E-state index in [0.717, 1.165) is 12.8 Å². The van der Waals surface area contributed by atoms with E-state index < -0.39 is 0 Å². The lowest BCUT2D eigenvalue weighted by atomic mass is 9.81. The summed E-state index contributed by atoms with van der Waals surface area (Å²) in [6, 6.07) is 47.6. The largest absolute Gasteiger partial charge is 0.0763 e. The molecule has 0 amide bonds. The minimum absolute atomic E-state index is 1.09. The van der Waals surface area contributed by atoms with Crippen LogP contribution in [0.25, 0.3) is 82.2 Å². The van der Waals surface area contributed by atoms with Crippen molar-refractivity contribution in [2.75, 3.05) is 0 Å². The number of rotatable bonds is 2. The molecule has 0 saturated heterocycles. The van der Waals surface area contributed by atoms with Crippen LogP contribution in [0.2, 0.25) is 0 Å². The molecule has 8 aromatic rings. The van der Waals surface area contributed by atoms with Crippen LogP contribution in [0.5, 0.6) is 0 Å². The lowest BCUT2D eigenvalue weighted by molar-refractivity contribution is 1.04. The predicted octanol–water partition coefficient (Wildman–Crippen LogP) is 10.2. The second kappa shape index (κ2) is 8.28. The first-order valence-corrected chi connectivity index (χ1v) is 14.3. The molecular formula is C40H26. The first kappa shape index (κ1) is 21.9. The van der Waals surface area contributed by atoms with Crippen molar-refractivity contribution in [3.05, 3.63) is 138 Å². The van der Waals surface area contributed by atoms with Crippen molar-refractivity contribution in [3.8, 4) is 22.3 Å². The molecule has 0 heterocycles. The van der Waals surface area contributed by atoms with Crippen molar-refractivity contribution in [1.82, 2.24) is 0 Å². The van der Waals surface area contributed by atoms with Crippen molar-refractivity contribution in [3.63, 3.8) is 0 Å². The number of hydrogen-bond acceptors (Lipinski definition) is 0. The van der Waals surface area contributed by atoms with Crippen LogP contribution < -0.4 is 5.22 Å². The van der Waals surface area contributed by atoms with Gasteiger partial charge in [0, 0.05) is 0 Å². The number of benzene rings is 8. The molecule has 0 saturated carbocycles. The van der Waals surface area contributed by atoms with E-state index in [0.29, 0.717) is 0 Å². The molecule has 0 aromatic heterocycles. The first-order chi connectivity index (χ1) is 19.8. The molecule has 186 valence electrons. The van der Waals surface area contributed by atoms with Gasteiger partial charge in [-0.15, -0.1) is 0 Å². The molecule has 40 heavy (non-hydrogen) atoms. The van der Waals surface area contributed by atoms with Crippen LogP contribution in [0.3, 0.4) is 0 Å². The van der Waals surface area contributed by atoms with Gasteiger partial charge in [-0.05, 0) is 112 Å². The van der Waals surface area contributed by atoms with Gasteiger partial charge in [-0.25, -0.2) is 0 Å². The minimum Gasteiger partial charge on any atom is -0.0763 e. The zero-order valence-corrected chi connectivity index (χ0v) is 22.1. The molecule has 8 aromatic carbocycles. The topological polar surface area (TPSA) is 0 Å². The van der Waals surface area contributed by atoms with Crippen molar-refractivity contribution < 1.29 is 0 Å². The van der Waals surface area contributed by atoms with Gasteiger partial charge < -0.3 is 0 Å². The minimum atomic E-state index is 1.09. The Labute approximate surface area is 232 Å². The zero-order valence-electron chi connectivity index (χ0n) is 22.1. The summed E-state index contributed by atoms with van der Waals surface area (Å²) in [6.45, 7) is 0. The molecule has 0 N–H and O–H groups in total. The third-order valence-electron chi connectivity index (χ3n) is 9.02. The Morgan fingerprint density at radius 3 is 1.82 bits per heavy atom. The van der Waals surface area contributed by atoms with Gasteiger partial charge >= 0.3 is 0 Å². The first-order valence-electron chi connectivity index (χ1n) is 14.3. The molecule has 0 fully saturated rings. The molecule has 0 heteroatoms. The molecule has 1 aliphatic rings. The monoisotopic (exact) mass is 506 g/mol. The summed E-state index contributed by atoms with van der Waals surface area (Å²) in [5.74, 6) is 0. The van der Waals surface area contributed by atoms with Crippen molar-refractivity contribution >= 4 is 59.9 Å². The molecule has 0 aliphatic heterocycles. The SMILES string of the molecule is C1=c2ccc3cccc4c(-c5c6ccccc6c(-c6ccc7ccccc7c6)c6ccccc56)cc(c2c34)CC1. The van der Waals surface area contributed by atoms with Crippen LogP contribution in [-0.4, -0.2) is 0 Å². The van der Waals surface area contributed by atoms with E-state index in [4.69, 9.17) is 0 Å². The van der Waals surface area contributed by atoms with Crippen LogP contribution in [0.15, 0.2) is 127 Å². The van der Waals surface area contributed by atoms with Crippen molar-refractivity contribution in [2.45, 2.75) is 12.8 Å². The van der Waals surface area contributed by atoms with E-state index in [1.165, 1.54) is 86.9 Å². The fourth-order valence-corrected chi connectivity index (χ4v) is 7.32. The van der Waals surface area contributed by atoms with Gasteiger partial charge in [0.25, 0.3) is 0 Å². The molecule has 9 rings (SSSR count). The molecule has 0 atom stereocenters. The Bertz CT molecular complexity index is 2310. The zero-order chi connectivity index (χ0) is 26.2. The Morgan fingerprint density at radius 1 is 0.425 bits per heavy atom. The molecule has 0 spiro atoms. The third kappa shape index (κ3) is 3.02.